The van der Waals surface area contributed by atoms with Crippen molar-refractivity contribution in [2.24, 2.45) is 0 Å². The molecule has 0 aromatic carbocycles. The summed E-state index contributed by atoms with van der Waals surface area (Å²) in [6.07, 6.45) is -1.83. The molecule has 0 atom stereocenters. The zero-order chi connectivity index (χ0) is 7.15. The molecule has 0 rings (SSSR count). The van der Waals surface area contributed by atoms with Crippen molar-refractivity contribution in [2.75, 3.05) is 0 Å². The maximum Gasteiger partial charge on any atom is 2.00 e. The van der Waals surface area contributed by atoms with E-state index < -0.39 is 11.2 Å². The van der Waals surface area contributed by atoms with Crippen LogP contribution in [0.15, 0.2) is 0 Å². The molecule has 0 amide bonds. The van der Waals surface area contributed by atoms with E-state index in [-0.39, 0.29) is 63.6 Å². The van der Waals surface area contributed by atoms with Gasteiger partial charge >= 0.3 is 66.9 Å². The summed E-state index contributed by atoms with van der Waals surface area (Å²) in [5, 5.41) is 27.6. The van der Waals surface area contributed by atoms with Gasteiger partial charge in [-0.15, -0.1) is 10.1 Å². The molecule has 0 aromatic heterocycles. The Morgan fingerprint density at radius 1 is 1.50 bits per heavy atom. The quantitative estimate of drug-likeness (QED) is 0.265. The van der Waals surface area contributed by atoms with Gasteiger partial charge in [-0.25, -0.2) is 4.79 Å². The standard InChI is InChI=1S/CH2O3.Ca.Mg.HNO3.2H/c2-1(3)4;;;2-1(3)4;;/h(H2,2,3,4);;;(H,2,3,4);;/q;2*+2;;2*-1. The molecule has 3 N–H and O–H groups in total. The van der Waals surface area contributed by atoms with Gasteiger partial charge in [0.05, 0.1) is 0 Å². The van der Waals surface area contributed by atoms with Crippen molar-refractivity contribution in [3.05, 3.63) is 10.1 Å². The van der Waals surface area contributed by atoms with Crippen molar-refractivity contribution in [1.82, 2.24) is 0 Å². The molecule has 0 saturated heterocycles. The molecule has 0 spiro atoms. The first-order valence-electron chi connectivity index (χ1n) is 1.22. The van der Waals surface area contributed by atoms with Gasteiger partial charge in [0.25, 0.3) is 5.09 Å². The molecular weight excluding hydrogens is 186 g/mol. The van der Waals surface area contributed by atoms with Gasteiger partial charge in [0.2, 0.25) is 0 Å². The number of carbonyl (C=O) groups is 1. The van der Waals surface area contributed by atoms with Gasteiger partial charge in [0, 0.05) is 0 Å². The van der Waals surface area contributed by atoms with E-state index in [1.807, 2.05) is 0 Å². The Bertz CT molecular complexity index is 83.5. The third-order valence-electron chi connectivity index (χ3n) is 0. The second-order valence-electron chi connectivity index (χ2n) is 0.520. The summed E-state index contributed by atoms with van der Waals surface area (Å²) in [6.45, 7) is 0. The zero-order valence-corrected chi connectivity index (χ0v) is 8.55. The average Bonchev–Trinajstić information content (AvgIpc) is 1.25. The van der Waals surface area contributed by atoms with Crippen LogP contribution in [-0.2, 0) is 0 Å². The maximum absolute atomic E-state index is 8.56. The van der Waals surface area contributed by atoms with Gasteiger partial charge in [-0.2, -0.15) is 0 Å². The van der Waals surface area contributed by atoms with E-state index in [9.17, 15) is 0 Å². The fourth-order valence-corrected chi connectivity index (χ4v) is 0. The minimum Gasteiger partial charge on any atom is -1.00 e. The number of rotatable bonds is 0. The van der Waals surface area contributed by atoms with Crippen LogP contribution in [0.5, 0.6) is 0 Å². The predicted octanol–water partition coefficient (Wildman–Crippen LogP) is -0.662. The average molecular weight is 191 g/mol. The van der Waals surface area contributed by atoms with Crippen LogP contribution in [-0.4, -0.2) is 87.5 Å². The van der Waals surface area contributed by atoms with E-state index in [4.69, 9.17) is 30.3 Å². The van der Waals surface area contributed by atoms with Crippen LogP contribution in [0.25, 0.3) is 0 Å². The Labute approximate surface area is 104 Å². The Hall–Kier alpha value is 0.496. The van der Waals surface area contributed by atoms with Crippen molar-refractivity contribution >= 4 is 66.9 Å². The molecule has 0 heterocycles. The smallest absolute Gasteiger partial charge is 1.00 e. The van der Waals surface area contributed by atoms with Crippen LogP contribution in [0.2, 0.25) is 0 Å². The van der Waals surface area contributed by atoms with Crippen molar-refractivity contribution in [2.45, 2.75) is 0 Å². The van der Waals surface area contributed by atoms with E-state index in [2.05, 4.69) is 0 Å². The Morgan fingerprint density at radius 2 is 1.50 bits per heavy atom. The van der Waals surface area contributed by atoms with E-state index in [1.165, 1.54) is 0 Å². The maximum atomic E-state index is 8.56. The summed E-state index contributed by atoms with van der Waals surface area (Å²) >= 11 is 0. The van der Waals surface area contributed by atoms with Crippen molar-refractivity contribution in [3.63, 3.8) is 0 Å². The molecule has 0 aliphatic rings. The summed E-state index contributed by atoms with van der Waals surface area (Å²) in [5.74, 6) is 0. The molecule has 0 aliphatic heterocycles. The van der Waals surface area contributed by atoms with Crippen LogP contribution >= 0.6 is 0 Å². The van der Waals surface area contributed by atoms with Crippen LogP contribution in [0.3, 0.4) is 0 Å². The van der Waals surface area contributed by atoms with Crippen molar-refractivity contribution < 1.29 is 28.2 Å². The Balaban J connectivity index is -0.0000000112. The first kappa shape index (κ1) is 22.4. The van der Waals surface area contributed by atoms with Crippen LogP contribution < -0.4 is 0 Å². The SMILES string of the molecule is O=C(O)O.O=[N+]([O-])O.[Ca+2].[H-].[H-].[Mg+2]. The Morgan fingerprint density at radius 3 is 1.50 bits per heavy atom. The molecule has 0 fully saturated rings. The number of hydrogen-bond donors (Lipinski definition) is 3. The van der Waals surface area contributed by atoms with E-state index in [0.29, 0.717) is 0 Å². The number of hydrogen-bond acceptors (Lipinski definition) is 3. The largest absolute Gasteiger partial charge is 2.00 e. The molecule has 0 aliphatic carbocycles. The van der Waals surface area contributed by atoms with Crippen molar-refractivity contribution in [3.8, 4) is 0 Å². The molecule has 0 saturated carbocycles. The van der Waals surface area contributed by atoms with Crippen LogP contribution in [0, 0.1) is 10.1 Å². The normalized spacial score (nSPS) is 4.80. The molecule has 0 radical (unpaired) electrons. The second kappa shape index (κ2) is 16.2. The van der Waals surface area contributed by atoms with E-state index >= 15 is 0 Å². The molecule has 0 bridgehead atoms. The fourth-order valence-electron chi connectivity index (χ4n) is 0. The fraction of sp³-hybridized carbons (Fsp3) is 0. The second-order valence-corrected chi connectivity index (χ2v) is 0.520. The minimum absolute atomic E-state index is 0. The Kier molecular flexibility index (Phi) is 36.4. The topological polar surface area (TPSA) is 121 Å². The third-order valence-corrected chi connectivity index (χ3v) is 0. The number of carboxylic acid groups (broad SMARTS) is 2. The molecule has 10 heavy (non-hydrogen) atoms. The van der Waals surface area contributed by atoms with Gasteiger partial charge < -0.3 is 18.3 Å². The summed E-state index contributed by atoms with van der Waals surface area (Å²) in [5.41, 5.74) is 0. The summed E-state index contributed by atoms with van der Waals surface area (Å²) in [4.78, 5) is 16.9. The van der Waals surface area contributed by atoms with Crippen LogP contribution in [0.4, 0.5) is 4.79 Å². The van der Waals surface area contributed by atoms with Gasteiger partial charge in [-0.3, -0.25) is 0 Å². The third kappa shape index (κ3) is 1940. The summed E-state index contributed by atoms with van der Waals surface area (Å²) in [7, 11) is 0. The van der Waals surface area contributed by atoms with E-state index in [1.54, 1.807) is 0 Å². The minimum atomic E-state index is -1.83. The van der Waals surface area contributed by atoms with Crippen LogP contribution in [0.1, 0.15) is 2.85 Å². The van der Waals surface area contributed by atoms with Gasteiger partial charge in [-0.1, -0.05) is 0 Å². The molecule has 0 unspecified atom stereocenters. The first-order chi connectivity index (χ1) is 3.46. The van der Waals surface area contributed by atoms with Gasteiger partial charge in [-0.05, 0) is 0 Å². The van der Waals surface area contributed by atoms with E-state index in [0.717, 1.165) is 0 Å². The summed E-state index contributed by atoms with van der Waals surface area (Å²) < 4.78 is 0. The van der Waals surface area contributed by atoms with Gasteiger partial charge in [0.15, 0.2) is 0 Å². The predicted molar refractivity (Wildman–Crippen MR) is 33.2 cm³/mol. The molecular formula is CH5CaMgNO6+2. The monoisotopic (exact) mass is 191 g/mol. The molecule has 7 nitrogen and oxygen atoms in total. The molecule has 9 heteroatoms. The van der Waals surface area contributed by atoms with Crippen molar-refractivity contribution in [1.29, 1.82) is 0 Å². The molecule has 0 aromatic rings. The summed E-state index contributed by atoms with van der Waals surface area (Å²) in [6, 6.07) is 0. The number of nitrogens with zero attached hydrogens (tertiary/aromatic N) is 1. The van der Waals surface area contributed by atoms with Gasteiger partial charge in [0.1, 0.15) is 0 Å². The molecule has 52 valence electrons. The zero-order valence-electron chi connectivity index (χ0n) is 6.93. The first-order valence-corrected chi connectivity index (χ1v) is 1.22.